The van der Waals surface area contributed by atoms with Crippen molar-refractivity contribution < 1.29 is 10.2 Å². The van der Waals surface area contributed by atoms with E-state index in [-0.39, 0.29) is 24.0 Å². The zero-order valence-corrected chi connectivity index (χ0v) is 10.9. The maximum Gasteiger partial charge on any atom is 0.0595 e. The molecule has 2 heteroatoms. The van der Waals surface area contributed by atoms with Gasteiger partial charge in [-0.1, -0.05) is 27.2 Å². The van der Waals surface area contributed by atoms with Crippen LogP contribution in [0, 0.1) is 22.7 Å². The Morgan fingerprint density at radius 3 is 2.44 bits per heavy atom. The van der Waals surface area contributed by atoms with Crippen LogP contribution in [-0.4, -0.2) is 22.9 Å². The second-order valence-electron chi connectivity index (χ2n) is 6.83. The molecule has 0 amide bonds. The Kier molecular flexibility index (Phi) is 3.09. The predicted molar refractivity (Wildman–Crippen MR) is 65.0 cm³/mol. The van der Waals surface area contributed by atoms with Crippen molar-refractivity contribution in [2.45, 2.75) is 59.0 Å². The average molecular weight is 226 g/mol. The summed E-state index contributed by atoms with van der Waals surface area (Å²) in [4.78, 5) is 0. The van der Waals surface area contributed by atoms with Gasteiger partial charge in [-0.05, 0) is 42.4 Å². The van der Waals surface area contributed by atoms with E-state index in [1.165, 1.54) is 19.3 Å². The molecular formula is C14H26O2. The maximum atomic E-state index is 10.1. The summed E-state index contributed by atoms with van der Waals surface area (Å²) in [6.07, 6.45) is 5.41. The van der Waals surface area contributed by atoms with Crippen LogP contribution in [0.3, 0.4) is 0 Å². The standard InChI is InChI=1S/C14H26O2/c1-13(2)7-4-8-14(3)10(9-15)11(16)5-6-12(13)14/h10-12,15-16H,4-9H2,1-3H3/t10-,11-,12-,14+/m1/s1. The second kappa shape index (κ2) is 3.99. The van der Waals surface area contributed by atoms with Crippen LogP contribution in [0.4, 0.5) is 0 Å². The highest BCUT2D eigenvalue weighted by Crippen LogP contribution is 2.59. The van der Waals surface area contributed by atoms with Crippen LogP contribution in [0.5, 0.6) is 0 Å². The molecule has 0 aromatic heterocycles. The molecule has 0 aliphatic heterocycles. The van der Waals surface area contributed by atoms with Gasteiger partial charge in [0.2, 0.25) is 0 Å². The Balaban J connectivity index is 2.31. The Labute approximate surface area is 99.1 Å². The fourth-order valence-corrected chi connectivity index (χ4v) is 4.64. The molecule has 2 aliphatic rings. The molecule has 2 N–H and O–H groups in total. The molecule has 0 saturated heterocycles. The van der Waals surface area contributed by atoms with Gasteiger partial charge in [-0.15, -0.1) is 0 Å². The molecule has 0 aromatic rings. The van der Waals surface area contributed by atoms with Crippen LogP contribution in [0.1, 0.15) is 52.9 Å². The molecule has 2 fully saturated rings. The van der Waals surface area contributed by atoms with Crippen molar-refractivity contribution in [3.8, 4) is 0 Å². The molecule has 0 bridgehead atoms. The number of fused-ring (bicyclic) bond motifs is 1. The summed E-state index contributed by atoms with van der Waals surface area (Å²) in [6, 6.07) is 0. The topological polar surface area (TPSA) is 40.5 Å². The van der Waals surface area contributed by atoms with Crippen LogP contribution < -0.4 is 0 Å². The molecule has 0 heterocycles. The number of rotatable bonds is 1. The quantitative estimate of drug-likeness (QED) is 0.721. The first-order chi connectivity index (χ1) is 7.42. The lowest BCUT2D eigenvalue weighted by atomic mass is 9.48. The number of hydrogen-bond acceptors (Lipinski definition) is 2. The highest BCUT2D eigenvalue weighted by Gasteiger charge is 2.54. The van der Waals surface area contributed by atoms with Crippen LogP contribution in [0.2, 0.25) is 0 Å². The second-order valence-corrected chi connectivity index (χ2v) is 6.83. The Morgan fingerprint density at radius 2 is 1.81 bits per heavy atom. The minimum absolute atomic E-state index is 0.0887. The maximum absolute atomic E-state index is 10.1. The largest absolute Gasteiger partial charge is 0.396 e. The summed E-state index contributed by atoms with van der Waals surface area (Å²) in [5, 5.41) is 19.7. The molecule has 94 valence electrons. The smallest absolute Gasteiger partial charge is 0.0595 e. The predicted octanol–water partition coefficient (Wildman–Crippen LogP) is 2.58. The highest BCUT2D eigenvalue weighted by atomic mass is 16.3. The minimum atomic E-state index is -0.292. The SMILES string of the molecule is CC1(C)CCC[C@@]2(C)[C@H](CO)[C@H](O)CC[C@H]12. The van der Waals surface area contributed by atoms with Gasteiger partial charge in [0, 0.05) is 12.5 Å². The van der Waals surface area contributed by atoms with Crippen molar-refractivity contribution in [3.05, 3.63) is 0 Å². The van der Waals surface area contributed by atoms with Crippen molar-refractivity contribution >= 4 is 0 Å². The lowest BCUT2D eigenvalue weighted by Gasteiger charge is -2.58. The number of aliphatic hydroxyl groups excluding tert-OH is 2. The molecule has 0 aromatic carbocycles. The van der Waals surface area contributed by atoms with E-state index in [9.17, 15) is 10.2 Å². The average Bonchev–Trinajstić information content (AvgIpc) is 2.15. The fourth-order valence-electron chi connectivity index (χ4n) is 4.64. The summed E-state index contributed by atoms with van der Waals surface area (Å²) < 4.78 is 0. The summed E-state index contributed by atoms with van der Waals surface area (Å²) in [6.45, 7) is 7.16. The van der Waals surface area contributed by atoms with E-state index in [2.05, 4.69) is 20.8 Å². The van der Waals surface area contributed by atoms with E-state index in [1.54, 1.807) is 0 Å². The van der Waals surface area contributed by atoms with Crippen molar-refractivity contribution in [3.63, 3.8) is 0 Å². The molecule has 0 unspecified atom stereocenters. The van der Waals surface area contributed by atoms with Gasteiger partial charge in [0.15, 0.2) is 0 Å². The summed E-state index contributed by atoms with van der Waals surface area (Å²) in [5.41, 5.74) is 0.523. The summed E-state index contributed by atoms with van der Waals surface area (Å²) in [7, 11) is 0. The Morgan fingerprint density at radius 1 is 1.12 bits per heavy atom. The molecule has 0 spiro atoms. The van der Waals surface area contributed by atoms with Gasteiger partial charge in [-0.25, -0.2) is 0 Å². The summed E-state index contributed by atoms with van der Waals surface area (Å²) in [5.74, 6) is 0.750. The van der Waals surface area contributed by atoms with Crippen molar-refractivity contribution in [2.24, 2.45) is 22.7 Å². The molecule has 2 saturated carbocycles. The van der Waals surface area contributed by atoms with Gasteiger partial charge in [0.25, 0.3) is 0 Å². The minimum Gasteiger partial charge on any atom is -0.396 e. The zero-order chi connectivity index (χ0) is 12.0. The summed E-state index contributed by atoms with van der Waals surface area (Å²) >= 11 is 0. The molecular weight excluding hydrogens is 200 g/mol. The Hall–Kier alpha value is -0.0800. The van der Waals surface area contributed by atoms with Crippen molar-refractivity contribution in [1.29, 1.82) is 0 Å². The van der Waals surface area contributed by atoms with Gasteiger partial charge >= 0.3 is 0 Å². The van der Waals surface area contributed by atoms with Gasteiger partial charge in [0.1, 0.15) is 0 Å². The van der Waals surface area contributed by atoms with Crippen LogP contribution in [0.25, 0.3) is 0 Å². The molecule has 2 nitrogen and oxygen atoms in total. The van der Waals surface area contributed by atoms with E-state index in [0.29, 0.717) is 11.3 Å². The Bertz CT molecular complexity index is 261. The van der Waals surface area contributed by atoms with E-state index in [1.807, 2.05) is 0 Å². The van der Waals surface area contributed by atoms with E-state index >= 15 is 0 Å². The van der Waals surface area contributed by atoms with Crippen LogP contribution in [0.15, 0.2) is 0 Å². The molecule has 2 aliphatic carbocycles. The molecule has 2 rings (SSSR count). The van der Waals surface area contributed by atoms with Gasteiger partial charge in [-0.2, -0.15) is 0 Å². The van der Waals surface area contributed by atoms with E-state index < -0.39 is 0 Å². The van der Waals surface area contributed by atoms with Crippen LogP contribution in [-0.2, 0) is 0 Å². The van der Waals surface area contributed by atoms with Gasteiger partial charge < -0.3 is 10.2 Å². The molecule has 16 heavy (non-hydrogen) atoms. The van der Waals surface area contributed by atoms with E-state index in [0.717, 1.165) is 12.8 Å². The first kappa shape index (κ1) is 12.4. The van der Waals surface area contributed by atoms with Crippen molar-refractivity contribution in [1.82, 2.24) is 0 Å². The fraction of sp³-hybridized carbons (Fsp3) is 1.00. The van der Waals surface area contributed by atoms with Crippen LogP contribution >= 0.6 is 0 Å². The third-order valence-electron chi connectivity index (χ3n) is 5.54. The number of aliphatic hydroxyl groups is 2. The number of hydrogen-bond donors (Lipinski definition) is 2. The third kappa shape index (κ3) is 1.70. The van der Waals surface area contributed by atoms with Crippen molar-refractivity contribution in [2.75, 3.05) is 6.61 Å². The van der Waals surface area contributed by atoms with Gasteiger partial charge in [-0.3, -0.25) is 0 Å². The zero-order valence-electron chi connectivity index (χ0n) is 10.9. The normalized spacial score (nSPS) is 47.4. The lowest BCUT2D eigenvalue weighted by molar-refractivity contribution is -0.136. The molecule has 4 atom stereocenters. The van der Waals surface area contributed by atoms with Gasteiger partial charge in [0.05, 0.1) is 6.10 Å². The molecule has 0 radical (unpaired) electrons. The highest BCUT2D eigenvalue weighted by molar-refractivity contribution is 5.03. The lowest BCUT2D eigenvalue weighted by Crippen LogP contribution is -2.54. The third-order valence-corrected chi connectivity index (χ3v) is 5.54. The van der Waals surface area contributed by atoms with E-state index in [4.69, 9.17) is 0 Å². The first-order valence-corrected chi connectivity index (χ1v) is 6.71. The first-order valence-electron chi connectivity index (χ1n) is 6.71. The monoisotopic (exact) mass is 226 g/mol.